The van der Waals surface area contributed by atoms with Gasteiger partial charge in [0.15, 0.2) is 0 Å². The number of nitrogens with zero attached hydrogens (tertiary/aromatic N) is 1. The van der Waals surface area contributed by atoms with Gasteiger partial charge in [-0.1, -0.05) is 19.8 Å². The molecule has 1 aliphatic rings. The van der Waals surface area contributed by atoms with Crippen LogP contribution in [0.25, 0.3) is 0 Å². The predicted molar refractivity (Wildman–Crippen MR) is 43.4 cm³/mol. The van der Waals surface area contributed by atoms with Crippen LogP contribution < -0.4 is 5.84 Å². The Kier molecular flexibility index (Phi) is 3.16. The summed E-state index contributed by atoms with van der Waals surface area (Å²) in [5, 5.41) is 2.02. The summed E-state index contributed by atoms with van der Waals surface area (Å²) < 4.78 is 0. The molecular weight excluding hydrogens is 124 g/mol. The van der Waals surface area contributed by atoms with Crippen molar-refractivity contribution in [3.8, 4) is 0 Å². The van der Waals surface area contributed by atoms with Crippen LogP contribution in [0.15, 0.2) is 0 Å². The molecule has 0 heterocycles. The van der Waals surface area contributed by atoms with Crippen molar-refractivity contribution in [1.82, 2.24) is 5.01 Å². The Hall–Kier alpha value is -0.0800. The summed E-state index contributed by atoms with van der Waals surface area (Å²) in [7, 11) is 0. The Balaban J connectivity index is 2.18. The Morgan fingerprint density at radius 3 is 2.50 bits per heavy atom. The van der Waals surface area contributed by atoms with E-state index in [1.165, 1.54) is 32.1 Å². The first-order valence-electron chi connectivity index (χ1n) is 4.36. The van der Waals surface area contributed by atoms with Gasteiger partial charge in [-0.25, -0.2) is 5.01 Å². The first-order valence-corrected chi connectivity index (χ1v) is 4.36. The molecule has 0 spiro atoms. The molecule has 0 aromatic rings. The Morgan fingerprint density at radius 1 is 1.40 bits per heavy atom. The lowest BCUT2D eigenvalue weighted by Gasteiger charge is -2.22. The molecule has 0 aromatic heterocycles. The van der Waals surface area contributed by atoms with Gasteiger partial charge in [-0.2, -0.15) is 0 Å². The van der Waals surface area contributed by atoms with Gasteiger partial charge in [0.05, 0.1) is 0 Å². The monoisotopic (exact) mass is 142 g/mol. The molecule has 0 amide bonds. The Bertz CT molecular complexity index is 87.3. The molecule has 2 nitrogen and oxygen atoms in total. The third kappa shape index (κ3) is 1.96. The molecule has 1 aliphatic carbocycles. The second kappa shape index (κ2) is 3.94. The van der Waals surface area contributed by atoms with E-state index in [0.29, 0.717) is 6.04 Å². The first-order chi connectivity index (χ1) is 4.84. The van der Waals surface area contributed by atoms with Crippen LogP contribution in [0, 0.1) is 0 Å². The first kappa shape index (κ1) is 8.02. The lowest BCUT2D eigenvalue weighted by atomic mass is 10.2. The SMILES string of the molecule is CCCN(N)C1CCCC1. The van der Waals surface area contributed by atoms with Gasteiger partial charge in [0.1, 0.15) is 0 Å². The van der Waals surface area contributed by atoms with Crippen LogP contribution in [0.1, 0.15) is 39.0 Å². The Labute approximate surface area is 63.4 Å². The molecule has 0 unspecified atom stereocenters. The highest BCUT2D eigenvalue weighted by Gasteiger charge is 2.18. The van der Waals surface area contributed by atoms with Crippen molar-refractivity contribution in [1.29, 1.82) is 0 Å². The van der Waals surface area contributed by atoms with Crippen molar-refractivity contribution in [2.24, 2.45) is 5.84 Å². The van der Waals surface area contributed by atoms with Gasteiger partial charge in [-0.15, -0.1) is 0 Å². The fraction of sp³-hybridized carbons (Fsp3) is 1.00. The fourth-order valence-electron chi connectivity index (χ4n) is 1.68. The van der Waals surface area contributed by atoms with Gasteiger partial charge in [0, 0.05) is 12.6 Å². The normalized spacial score (nSPS) is 20.7. The van der Waals surface area contributed by atoms with Crippen LogP contribution in [-0.4, -0.2) is 17.6 Å². The number of hydrazine groups is 1. The minimum Gasteiger partial charge on any atom is -0.269 e. The maximum Gasteiger partial charge on any atom is 0.0241 e. The van der Waals surface area contributed by atoms with Gasteiger partial charge >= 0.3 is 0 Å². The molecule has 1 saturated carbocycles. The van der Waals surface area contributed by atoms with Crippen molar-refractivity contribution in [2.45, 2.75) is 45.1 Å². The van der Waals surface area contributed by atoms with Crippen LogP contribution in [0.5, 0.6) is 0 Å². The summed E-state index contributed by atoms with van der Waals surface area (Å²) in [6.45, 7) is 3.24. The highest BCUT2D eigenvalue weighted by molar-refractivity contribution is 4.73. The maximum absolute atomic E-state index is 5.82. The zero-order valence-electron chi connectivity index (χ0n) is 6.84. The summed E-state index contributed by atoms with van der Waals surface area (Å²) in [4.78, 5) is 0. The van der Waals surface area contributed by atoms with Gasteiger partial charge in [-0.3, -0.25) is 5.84 Å². The number of nitrogens with two attached hydrogens (primary N) is 1. The number of rotatable bonds is 3. The average Bonchev–Trinajstić information content (AvgIpc) is 2.38. The quantitative estimate of drug-likeness (QED) is 0.478. The van der Waals surface area contributed by atoms with Crippen LogP contribution in [0.2, 0.25) is 0 Å². The summed E-state index contributed by atoms with van der Waals surface area (Å²) in [5.74, 6) is 5.82. The maximum atomic E-state index is 5.82. The van der Waals surface area contributed by atoms with Gasteiger partial charge in [-0.05, 0) is 19.3 Å². The molecule has 0 atom stereocenters. The molecule has 0 saturated heterocycles. The van der Waals surface area contributed by atoms with Crippen LogP contribution in [-0.2, 0) is 0 Å². The minimum absolute atomic E-state index is 0.694. The minimum atomic E-state index is 0.694. The standard InChI is InChI=1S/C8H18N2/c1-2-7-10(9)8-5-3-4-6-8/h8H,2-7,9H2,1H3. The average molecular weight is 142 g/mol. The zero-order chi connectivity index (χ0) is 7.40. The summed E-state index contributed by atoms with van der Waals surface area (Å²) in [6, 6.07) is 0.694. The highest BCUT2D eigenvalue weighted by atomic mass is 15.4. The largest absolute Gasteiger partial charge is 0.269 e. The van der Waals surface area contributed by atoms with Gasteiger partial charge < -0.3 is 0 Å². The molecule has 2 N–H and O–H groups in total. The molecule has 0 bridgehead atoms. The highest BCUT2D eigenvalue weighted by Crippen LogP contribution is 2.21. The van der Waals surface area contributed by atoms with E-state index in [0.717, 1.165) is 6.54 Å². The smallest absolute Gasteiger partial charge is 0.0241 e. The fourth-order valence-corrected chi connectivity index (χ4v) is 1.68. The van der Waals surface area contributed by atoms with E-state index in [1.54, 1.807) is 0 Å². The molecule has 0 radical (unpaired) electrons. The van der Waals surface area contributed by atoms with Crippen molar-refractivity contribution < 1.29 is 0 Å². The van der Waals surface area contributed by atoms with E-state index in [4.69, 9.17) is 5.84 Å². The molecule has 1 fully saturated rings. The second-order valence-electron chi connectivity index (χ2n) is 3.18. The van der Waals surface area contributed by atoms with E-state index in [1.807, 2.05) is 5.01 Å². The van der Waals surface area contributed by atoms with E-state index >= 15 is 0 Å². The van der Waals surface area contributed by atoms with Crippen LogP contribution in [0.4, 0.5) is 0 Å². The van der Waals surface area contributed by atoms with E-state index in [2.05, 4.69) is 6.92 Å². The summed E-state index contributed by atoms with van der Waals surface area (Å²) in [5.41, 5.74) is 0. The van der Waals surface area contributed by atoms with Crippen molar-refractivity contribution in [3.05, 3.63) is 0 Å². The summed E-state index contributed by atoms with van der Waals surface area (Å²) >= 11 is 0. The van der Waals surface area contributed by atoms with Gasteiger partial charge in [0.2, 0.25) is 0 Å². The zero-order valence-corrected chi connectivity index (χ0v) is 6.84. The third-order valence-electron chi connectivity index (χ3n) is 2.28. The lowest BCUT2D eigenvalue weighted by Crippen LogP contribution is -2.39. The third-order valence-corrected chi connectivity index (χ3v) is 2.28. The molecular formula is C8H18N2. The lowest BCUT2D eigenvalue weighted by molar-refractivity contribution is 0.203. The summed E-state index contributed by atoms with van der Waals surface area (Å²) in [6.07, 6.45) is 6.56. The van der Waals surface area contributed by atoms with Crippen molar-refractivity contribution in [2.75, 3.05) is 6.54 Å². The van der Waals surface area contributed by atoms with Gasteiger partial charge in [0.25, 0.3) is 0 Å². The number of hydrogen-bond acceptors (Lipinski definition) is 2. The molecule has 60 valence electrons. The molecule has 2 heteroatoms. The van der Waals surface area contributed by atoms with Crippen LogP contribution in [0.3, 0.4) is 0 Å². The van der Waals surface area contributed by atoms with E-state index < -0.39 is 0 Å². The molecule has 1 rings (SSSR count). The predicted octanol–water partition coefficient (Wildman–Crippen LogP) is 1.51. The molecule has 0 aromatic carbocycles. The van der Waals surface area contributed by atoms with E-state index in [-0.39, 0.29) is 0 Å². The topological polar surface area (TPSA) is 29.3 Å². The second-order valence-corrected chi connectivity index (χ2v) is 3.18. The molecule has 0 aliphatic heterocycles. The molecule has 10 heavy (non-hydrogen) atoms. The van der Waals surface area contributed by atoms with Crippen molar-refractivity contribution in [3.63, 3.8) is 0 Å². The van der Waals surface area contributed by atoms with Crippen LogP contribution >= 0.6 is 0 Å². The Morgan fingerprint density at radius 2 is 2.00 bits per heavy atom. The van der Waals surface area contributed by atoms with E-state index in [9.17, 15) is 0 Å². The number of hydrogen-bond donors (Lipinski definition) is 1. The van der Waals surface area contributed by atoms with Crippen molar-refractivity contribution >= 4 is 0 Å².